The molecule has 0 saturated heterocycles. The van der Waals surface area contributed by atoms with Gasteiger partial charge >= 0.3 is 0 Å². The first-order chi connectivity index (χ1) is 11.1. The Morgan fingerprint density at radius 2 is 1.30 bits per heavy atom. The Hall–Kier alpha value is -1.69. The van der Waals surface area contributed by atoms with Gasteiger partial charge in [0.15, 0.2) is 0 Å². The molecule has 0 unspecified atom stereocenters. The third kappa shape index (κ3) is 5.78. The molecule has 0 bridgehead atoms. The molecule has 23 heavy (non-hydrogen) atoms. The van der Waals surface area contributed by atoms with Crippen LogP contribution >= 0.6 is 0 Å². The predicted octanol–water partition coefficient (Wildman–Crippen LogP) is 2.06. The highest BCUT2D eigenvalue weighted by atomic mass is 32.2. The molecule has 0 spiro atoms. The monoisotopic (exact) mass is 332 g/mol. The Morgan fingerprint density at radius 3 is 1.83 bits per heavy atom. The molecule has 2 N–H and O–H groups in total. The van der Waals surface area contributed by atoms with Gasteiger partial charge in [-0.1, -0.05) is 60.7 Å². The van der Waals surface area contributed by atoms with E-state index in [0.29, 0.717) is 32.5 Å². The van der Waals surface area contributed by atoms with Crippen LogP contribution in [-0.4, -0.2) is 38.1 Å². The van der Waals surface area contributed by atoms with Crippen LogP contribution in [0.25, 0.3) is 0 Å². The van der Waals surface area contributed by atoms with Gasteiger partial charge < -0.3 is 5.73 Å². The number of hydrogen-bond acceptors (Lipinski definition) is 3. The van der Waals surface area contributed by atoms with Gasteiger partial charge in [-0.25, -0.2) is 12.7 Å². The second-order valence-corrected chi connectivity index (χ2v) is 7.56. The fourth-order valence-corrected chi connectivity index (χ4v) is 3.96. The quantitative estimate of drug-likeness (QED) is 0.764. The van der Waals surface area contributed by atoms with E-state index in [-0.39, 0.29) is 5.75 Å². The summed E-state index contributed by atoms with van der Waals surface area (Å²) in [5, 5.41) is 0. The molecule has 0 fully saturated rings. The van der Waals surface area contributed by atoms with Crippen LogP contribution < -0.4 is 5.73 Å². The van der Waals surface area contributed by atoms with Crippen molar-refractivity contribution in [2.75, 3.05) is 25.4 Å². The summed E-state index contributed by atoms with van der Waals surface area (Å²) in [6.45, 7) is 1.17. The highest BCUT2D eigenvalue weighted by molar-refractivity contribution is 7.89. The molecule has 4 nitrogen and oxygen atoms in total. The molecule has 0 aliphatic heterocycles. The lowest BCUT2D eigenvalue weighted by Gasteiger charge is -2.21. The molecule has 0 saturated carbocycles. The first-order valence-corrected chi connectivity index (χ1v) is 9.48. The van der Waals surface area contributed by atoms with Crippen molar-refractivity contribution in [3.05, 3.63) is 71.8 Å². The topological polar surface area (TPSA) is 63.4 Å². The molecule has 0 aromatic heterocycles. The van der Waals surface area contributed by atoms with E-state index < -0.39 is 10.0 Å². The van der Waals surface area contributed by atoms with Gasteiger partial charge in [-0.05, 0) is 24.0 Å². The summed E-state index contributed by atoms with van der Waals surface area (Å²) in [6, 6.07) is 19.6. The average Bonchev–Trinajstić information content (AvgIpc) is 2.58. The SMILES string of the molecule is NCCN(CCc1ccccc1)S(=O)(=O)CCc1ccccc1. The highest BCUT2D eigenvalue weighted by Crippen LogP contribution is 2.09. The summed E-state index contributed by atoms with van der Waals surface area (Å²) in [5.74, 6) is 0.117. The van der Waals surface area contributed by atoms with Crippen LogP contribution in [0.5, 0.6) is 0 Å². The van der Waals surface area contributed by atoms with Gasteiger partial charge in [0.2, 0.25) is 10.0 Å². The Balaban J connectivity index is 1.97. The molecule has 5 heteroatoms. The van der Waals surface area contributed by atoms with Gasteiger partial charge in [0.05, 0.1) is 5.75 Å². The van der Waals surface area contributed by atoms with Crippen molar-refractivity contribution in [3.8, 4) is 0 Å². The first kappa shape index (κ1) is 17.7. The summed E-state index contributed by atoms with van der Waals surface area (Å²) < 4.78 is 26.7. The van der Waals surface area contributed by atoms with Crippen molar-refractivity contribution in [1.82, 2.24) is 4.31 Å². The second kappa shape index (κ2) is 8.82. The number of nitrogens with two attached hydrogens (primary N) is 1. The minimum absolute atomic E-state index is 0.117. The van der Waals surface area contributed by atoms with E-state index in [1.807, 2.05) is 60.7 Å². The fraction of sp³-hybridized carbons (Fsp3) is 0.333. The zero-order chi connectivity index (χ0) is 16.5. The molecule has 0 amide bonds. The van der Waals surface area contributed by atoms with Crippen molar-refractivity contribution < 1.29 is 8.42 Å². The zero-order valence-corrected chi connectivity index (χ0v) is 14.1. The number of benzene rings is 2. The molecular weight excluding hydrogens is 308 g/mol. The third-order valence-corrected chi connectivity index (χ3v) is 5.63. The second-order valence-electron chi connectivity index (χ2n) is 5.47. The predicted molar refractivity (Wildman–Crippen MR) is 94.7 cm³/mol. The molecule has 0 aliphatic carbocycles. The lowest BCUT2D eigenvalue weighted by molar-refractivity contribution is 0.421. The molecule has 0 radical (unpaired) electrons. The van der Waals surface area contributed by atoms with E-state index >= 15 is 0 Å². The van der Waals surface area contributed by atoms with Crippen LogP contribution in [0.15, 0.2) is 60.7 Å². The number of hydrogen-bond donors (Lipinski definition) is 1. The molecule has 0 heterocycles. The molecule has 2 aromatic rings. The zero-order valence-electron chi connectivity index (χ0n) is 13.3. The van der Waals surface area contributed by atoms with E-state index in [0.717, 1.165) is 11.1 Å². The maximum Gasteiger partial charge on any atom is 0.214 e. The van der Waals surface area contributed by atoms with Crippen molar-refractivity contribution in [2.24, 2.45) is 5.73 Å². The summed E-state index contributed by atoms with van der Waals surface area (Å²) in [5.41, 5.74) is 7.76. The fourth-order valence-electron chi connectivity index (χ4n) is 2.45. The number of nitrogens with zero attached hydrogens (tertiary/aromatic N) is 1. The van der Waals surface area contributed by atoms with Gasteiger partial charge in [-0.3, -0.25) is 0 Å². The van der Waals surface area contributed by atoms with E-state index in [1.54, 1.807) is 0 Å². The van der Waals surface area contributed by atoms with E-state index in [9.17, 15) is 8.42 Å². The van der Waals surface area contributed by atoms with Crippen LogP contribution in [0, 0.1) is 0 Å². The Morgan fingerprint density at radius 1 is 0.783 bits per heavy atom. The van der Waals surface area contributed by atoms with E-state index in [1.165, 1.54) is 4.31 Å². The summed E-state index contributed by atoms with van der Waals surface area (Å²) in [6.07, 6.45) is 1.22. The first-order valence-electron chi connectivity index (χ1n) is 7.87. The van der Waals surface area contributed by atoms with E-state index in [2.05, 4.69) is 0 Å². The molecule has 0 aliphatic rings. The number of aryl methyl sites for hydroxylation is 1. The molecule has 0 atom stereocenters. The number of rotatable bonds is 9. The maximum absolute atomic E-state index is 12.6. The van der Waals surface area contributed by atoms with E-state index in [4.69, 9.17) is 5.73 Å². The van der Waals surface area contributed by atoms with Gasteiger partial charge in [-0.15, -0.1) is 0 Å². The van der Waals surface area contributed by atoms with Crippen molar-refractivity contribution in [2.45, 2.75) is 12.8 Å². The van der Waals surface area contributed by atoms with Crippen LogP contribution in [-0.2, 0) is 22.9 Å². The van der Waals surface area contributed by atoms with Gasteiger partial charge in [0, 0.05) is 19.6 Å². The summed E-state index contributed by atoms with van der Waals surface area (Å²) >= 11 is 0. The molecule has 2 aromatic carbocycles. The number of sulfonamides is 1. The van der Waals surface area contributed by atoms with Crippen molar-refractivity contribution >= 4 is 10.0 Å². The minimum Gasteiger partial charge on any atom is -0.329 e. The normalized spacial score (nSPS) is 11.7. The van der Waals surface area contributed by atoms with Crippen molar-refractivity contribution in [1.29, 1.82) is 0 Å². The molecule has 2 rings (SSSR count). The Kier molecular flexibility index (Phi) is 6.77. The largest absolute Gasteiger partial charge is 0.329 e. The van der Waals surface area contributed by atoms with Crippen LogP contribution in [0.4, 0.5) is 0 Å². The van der Waals surface area contributed by atoms with Gasteiger partial charge in [0.1, 0.15) is 0 Å². The Labute approximate surface area is 139 Å². The van der Waals surface area contributed by atoms with Crippen LogP contribution in [0.2, 0.25) is 0 Å². The molecule has 124 valence electrons. The average molecular weight is 332 g/mol. The third-order valence-electron chi connectivity index (χ3n) is 3.76. The lowest BCUT2D eigenvalue weighted by Crippen LogP contribution is -2.38. The van der Waals surface area contributed by atoms with Crippen LogP contribution in [0.3, 0.4) is 0 Å². The standard InChI is InChI=1S/C18H24N2O2S/c19-13-15-20(14-11-17-7-3-1-4-8-17)23(21,22)16-12-18-9-5-2-6-10-18/h1-10H,11-16,19H2. The lowest BCUT2D eigenvalue weighted by atomic mass is 10.1. The highest BCUT2D eigenvalue weighted by Gasteiger charge is 2.20. The molecular formula is C18H24N2O2S. The van der Waals surface area contributed by atoms with Crippen molar-refractivity contribution in [3.63, 3.8) is 0 Å². The van der Waals surface area contributed by atoms with Gasteiger partial charge in [-0.2, -0.15) is 0 Å². The summed E-state index contributed by atoms with van der Waals surface area (Å²) in [4.78, 5) is 0. The van der Waals surface area contributed by atoms with Crippen LogP contribution in [0.1, 0.15) is 11.1 Å². The smallest absolute Gasteiger partial charge is 0.214 e. The van der Waals surface area contributed by atoms with Gasteiger partial charge in [0.25, 0.3) is 0 Å². The minimum atomic E-state index is -3.30. The maximum atomic E-state index is 12.6. The summed E-state index contributed by atoms with van der Waals surface area (Å²) in [7, 11) is -3.30. The Bertz CT molecular complexity index is 673.